The maximum atomic E-state index is 13.5. The van der Waals surface area contributed by atoms with E-state index in [2.05, 4.69) is 10.2 Å². The van der Waals surface area contributed by atoms with Gasteiger partial charge in [0.2, 0.25) is 0 Å². The zero-order chi connectivity index (χ0) is 37.9. The van der Waals surface area contributed by atoms with E-state index in [1.54, 1.807) is 49.1 Å². The van der Waals surface area contributed by atoms with Crippen LogP contribution in [0.3, 0.4) is 0 Å². The monoisotopic (exact) mass is 721 g/mol. The maximum Gasteiger partial charge on any atom is 0.410 e. The van der Waals surface area contributed by atoms with Gasteiger partial charge < -0.3 is 44.5 Å². The van der Waals surface area contributed by atoms with E-state index in [1.807, 2.05) is 34.7 Å². The summed E-state index contributed by atoms with van der Waals surface area (Å²) in [5.41, 5.74) is -1.81. The summed E-state index contributed by atoms with van der Waals surface area (Å²) in [6, 6.07) is 0. The fraction of sp³-hybridized carbons (Fsp3) is 0.763. The van der Waals surface area contributed by atoms with E-state index in [9.17, 15) is 29.7 Å². The van der Waals surface area contributed by atoms with Gasteiger partial charge in [-0.15, -0.1) is 0 Å². The summed E-state index contributed by atoms with van der Waals surface area (Å²) >= 11 is 0. The Morgan fingerprint density at radius 1 is 1.22 bits per heavy atom. The molecule has 0 aromatic rings. The Kier molecular flexibility index (Phi) is 16.1. The largest absolute Gasteiger partial charge is 0.457 e. The molecule has 3 aliphatic rings. The first-order chi connectivity index (χ1) is 24.0. The lowest BCUT2D eigenvalue weighted by molar-refractivity contribution is -0.168. The number of likely N-dealkylation sites (N-methyl/N-ethyl adjacent to an activating group) is 1. The van der Waals surface area contributed by atoms with Gasteiger partial charge in [0.25, 0.3) is 0 Å². The number of nitrogens with zero attached hydrogens (tertiary/aromatic N) is 2. The van der Waals surface area contributed by atoms with Crippen molar-refractivity contribution >= 4 is 18.0 Å². The molecule has 2 saturated heterocycles. The van der Waals surface area contributed by atoms with Crippen molar-refractivity contribution in [3.8, 4) is 0 Å². The molecule has 0 saturated carbocycles. The van der Waals surface area contributed by atoms with Crippen molar-refractivity contribution in [2.45, 2.75) is 128 Å². The fourth-order valence-corrected chi connectivity index (χ4v) is 6.84. The number of nitrogens with one attached hydrogen (secondary N) is 1. The van der Waals surface area contributed by atoms with Gasteiger partial charge >= 0.3 is 18.0 Å². The fourth-order valence-electron chi connectivity index (χ4n) is 6.84. The summed E-state index contributed by atoms with van der Waals surface area (Å²) in [6.45, 7) is 16.3. The second kappa shape index (κ2) is 19.3. The molecule has 2 fully saturated rings. The van der Waals surface area contributed by atoms with Crippen molar-refractivity contribution in [2.75, 3.05) is 46.3 Å². The van der Waals surface area contributed by atoms with Crippen LogP contribution in [0.4, 0.5) is 4.79 Å². The second-order valence-corrected chi connectivity index (χ2v) is 15.0. The van der Waals surface area contributed by atoms with Crippen molar-refractivity contribution in [3.63, 3.8) is 0 Å². The molecule has 10 atom stereocenters. The summed E-state index contributed by atoms with van der Waals surface area (Å²) in [5.74, 6) is -1.58. The van der Waals surface area contributed by atoms with E-state index < -0.39 is 59.6 Å². The summed E-state index contributed by atoms with van der Waals surface area (Å²) in [6.07, 6.45) is 5.54. The van der Waals surface area contributed by atoms with Crippen LogP contribution in [0.15, 0.2) is 36.0 Å². The first kappa shape index (κ1) is 42.6. The standard InChI is InChI=1S/C38H63N3O10/c1-9-30(44)27(4)35-31(48-35)24-37(6,47)15-10-11-25(2)34-26(3)12-13-32(49-36(46)41-21-19-40(20-22-41)18-17-39-8)38(7,51-28(5)42)16-14-29(43)23-33(45)50-34/h10-13,15,26-27,29-32,34-35,39,43-44,47H,9,14,16-24H2,1-8H3/b13-12+,15-10+,25-11+/t26-,27+,29+,30-,31+,32-,34+,35+,37?,38+/m0/s1. The zero-order valence-electron chi connectivity index (χ0n) is 31.9. The molecule has 0 bridgehead atoms. The SMILES string of the molecule is CC[C@H](O)[C@@H](C)[C@H]1O[C@@H]1CC(C)(O)/C=C/C=C(\C)[C@H]1OC(=O)C[C@H](O)CC[C@@](C)(OC(C)=O)[C@@H](OC(=O)N2CCN(CCNC)CC2)/C=C/[C@@H]1C. The Labute approximate surface area is 304 Å². The van der Waals surface area contributed by atoms with E-state index in [-0.39, 0.29) is 37.4 Å². The number of hydrogen-bond acceptors (Lipinski definition) is 12. The van der Waals surface area contributed by atoms with Crippen LogP contribution in [-0.2, 0) is 28.5 Å². The van der Waals surface area contributed by atoms with Crippen molar-refractivity contribution in [1.82, 2.24) is 15.1 Å². The Morgan fingerprint density at radius 2 is 1.90 bits per heavy atom. The summed E-state index contributed by atoms with van der Waals surface area (Å²) < 4.78 is 23.5. The topological polar surface area (TPSA) is 171 Å². The van der Waals surface area contributed by atoms with Gasteiger partial charge in [-0.05, 0) is 58.7 Å². The summed E-state index contributed by atoms with van der Waals surface area (Å²) in [5, 5.41) is 35.2. The molecule has 0 aromatic carbocycles. The van der Waals surface area contributed by atoms with E-state index in [4.69, 9.17) is 18.9 Å². The van der Waals surface area contributed by atoms with Crippen LogP contribution in [0, 0.1) is 11.8 Å². The number of esters is 2. The lowest BCUT2D eigenvalue weighted by Gasteiger charge is -2.39. The second-order valence-electron chi connectivity index (χ2n) is 15.0. The highest BCUT2D eigenvalue weighted by Crippen LogP contribution is 2.38. The molecule has 0 radical (unpaired) electrons. The molecule has 4 N–H and O–H groups in total. The summed E-state index contributed by atoms with van der Waals surface area (Å²) in [4.78, 5) is 42.7. The number of epoxide rings is 1. The predicted molar refractivity (Wildman–Crippen MR) is 193 cm³/mol. The van der Waals surface area contributed by atoms with Crippen LogP contribution in [0.1, 0.15) is 80.6 Å². The number of carbonyl (C=O) groups excluding carboxylic acids is 3. The number of cyclic esters (lactones) is 1. The molecule has 51 heavy (non-hydrogen) atoms. The van der Waals surface area contributed by atoms with E-state index in [0.717, 1.165) is 13.1 Å². The lowest BCUT2D eigenvalue weighted by Crippen LogP contribution is -2.52. The van der Waals surface area contributed by atoms with Crippen molar-refractivity contribution in [1.29, 1.82) is 0 Å². The highest BCUT2D eigenvalue weighted by molar-refractivity contribution is 5.71. The summed E-state index contributed by atoms with van der Waals surface area (Å²) in [7, 11) is 1.90. The molecule has 1 amide bonds. The number of aliphatic hydroxyl groups is 3. The van der Waals surface area contributed by atoms with Crippen molar-refractivity contribution in [3.05, 3.63) is 36.0 Å². The van der Waals surface area contributed by atoms with Gasteiger partial charge in [-0.25, -0.2) is 4.79 Å². The van der Waals surface area contributed by atoms with Gasteiger partial charge in [0.1, 0.15) is 11.7 Å². The Morgan fingerprint density at radius 3 is 2.53 bits per heavy atom. The maximum absolute atomic E-state index is 13.5. The number of ether oxygens (including phenoxy) is 4. The molecule has 0 aromatic heterocycles. The number of piperazine rings is 1. The van der Waals surface area contributed by atoms with Gasteiger partial charge in [-0.3, -0.25) is 14.5 Å². The van der Waals surface area contributed by atoms with Crippen molar-refractivity contribution < 1.29 is 48.7 Å². The first-order valence-corrected chi connectivity index (χ1v) is 18.5. The van der Waals surface area contributed by atoms with Gasteiger partial charge in [0, 0.05) is 64.4 Å². The molecular formula is C38H63N3O10. The van der Waals surface area contributed by atoms with E-state index in [0.29, 0.717) is 44.6 Å². The highest BCUT2D eigenvalue weighted by atomic mass is 16.6. The van der Waals surface area contributed by atoms with Crippen LogP contribution in [0.25, 0.3) is 0 Å². The minimum absolute atomic E-state index is 0.0234. The number of rotatable bonds is 13. The molecule has 1 unspecified atom stereocenters. The van der Waals surface area contributed by atoms with Gasteiger partial charge in [0.15, 0.2) is 6.10 Å². The van der Waals surface area contributed by atoms with Crippen LogP contribution < -0.4 is 5.32 Å². The average Bonchev–Trinajstić information content (AvgIpc) is 3.83. The number of aliphatic hydroxyl groups excluding tert-OH is 2. The van der Waals surface area contributed by atoms with Gasteiger partial charge in [0.05, 0.1) is 36.4 Å². The molecule has 3 rings (SSSR count). The Bertz CT molecular complexity index is 1250. The molecule has 3 aliphatic heterocycles. The Balaban J connectivity index is 1.80. The number of allylic oxidation sites excluding steroid dienone is 2. The van der Waals surface area contributed by atoms with E-state index in [1.165, 1.54) is 6.92 Å². The first-order valence-electron chi connectivity index (χ1n) is 18.5. The van der Waals surface area contributed by atoms with Crippen molar-refractivity contribution in [2.24, 2.45) is 11.8 Å². The molecule has 3 heterocycles. The molecule has 13 heteroatoms. The molecule has 13 nitrogen and oxygen atoms in total. The minimum Gasteiger partial charge on any atom is -0.457 e. The third kappa shape index (κ3) is 13.3. The zero-order valence-corrected chi connectivity index (χ0v) is 31.9. The molecule has 0 spiro atoms. The normalized spacial score (nSPS) is 32.9. The van der Waals surface area contributed by atoms with Gasteiger partial charge in [-0.2, -0.15) is 0 Å². The smallest absolute Gasteiger partial charge is 0.410 e. The quantitative estimate of drug-likeness (QED) is 0.0722. The number of carbonyl (C=O) groups is 3. The average molecular weight is 722 g/mol. The lowest BCUT2D eigenvalue weighted by atomic mass is 9.88. The predicted octanol–water partition coefficient (Wildman–Crippen LogP) is 3.12. The number of amides is 1. The number of hydrogen-bond donors (Lipinski definition) is 4. The Hall–Kier alpha value is -2.81. The van der Waals surface area contributed by atoms with Crippen LogP contribution >= 0.6 is 0 Å². The third-order valence-electron chi connectivity index (χ3n) is 10.3. The minimum atomic E-state index is -1.32. The van der Waals surface area contributed by atoms with Gasteiger partial charge in [-0.1, -0.05) is 45.1 Å². The molecule has 0 aliphatic carbocycles. The van der Waals surface area contributed by atoms with E-state index >= 15 is 0 Å². The van der Waals surface area contributed by atoms with Crippen LogP contribution in [-0.4, -0.2) is 137 Å². The third-order valence-corrected chi connectivity index (χ3v) is 10.3. The van der Waals surface area contributed by atoms with Crippen LogP contribution in [0.5, 0.6) is 0 Å². The molecule has 290 valence electrons. The van der Waals surface area contributed by atoms with Crippen LogP contribution in [0.2, 0.25) is 0 Å². The highest BCUT2D eigenvalue weighted by Gasteiger charge is 2.47. The molecular weight excluding hydrogens is 658 g/mol.